The molecule has 0 saturated heterocycles. The fraction of sp³-hybridized carbons (Fsp3) is 0.846. The van der Waals surface area contributed by atoms with Crippen molar-refractivity contribution in [1.29, 1.82) is 0 Å². The minimum atomic E-state index is -0.510. The third-order valence-electron chi connectivity index (χ3n) is 7.97. The number of methoxy groups -OCH3 is 2. The molecule has 0 unspecified atom stereocenters. The fourth-order valence-electron chi connectivity index (χ4n) is 4.27. The van der Waals surface area contributed by atoms with Crippen molar-refractivity contribution < 1.29 is 66.7 Å². The molecule has 4 amide bonds. The summed E-state index contributed by atoms with van der Waals surface area (Å²) in [4.78, 5) is 69.1. The summed E-state index contributed by atoms with van der Waals surface area (Å²) in [5.41, 5.74) is 5.36. The van der Waals surface area contributed by atoms with E-state index in [1.54, 1.807) is 13.8 Å². The van der Waals surface area contributed by atoms with Crippen molar-refractivity contribution in [3.63, 3.8) is 0 Å². The monoisotopic (exact) mass is 838 g/mol. The third kappa shape index (κ3) is 40.7. The van der Waals surface area contributed by atoms with E-state index in [0.29, 0.717) is 118 Å². The standard InChI is InChI=1S/C20H38N2O7.C19H37N3O7/c1-4-5-10-27-12-14-29-15-13-28-11-6-9-21-18(23)8-7-17(2)20(25)22-16-19(24)26-3;1-16(19(25)22-15-18(24)26-2)5-6-17(23)21-8-4-10-28-12-14-29-13-11-27-9-3-7-20/h17H,4-16H2,1-3H3,(H,21,23)(H,22,25);16H,3-15,20H2,1-2H3,(H,21,23)(H,22,25)/t17-;16-/m00/s1. The molecule has 0 radical (unpaired) electrons. The Morgan fingerprint density at radius 3 is 1.14 bits per heavy atom. The highest BCUT2D eigenvalue weighted by Gasteiger charge is 2.16. The largest absolute Gasteiger partial charge is 0.468 e. The first kappa shape index (κ1) is 56.6. The van der Waals surface area contributed by atoms with E-state index in [-0.39, 0.29) is 61.4 Å². The van der Waals surface area contributed by atoms with Gasteiger partial charge < -0.3 is 64.9 Å². The zero-order chi connectivity index (χ0) is 43.5. The van der Waals surface area contributed by atoms with Crippen molar-refractivity contribution in [2.24, 2.45) is 17.6 Å². The van der Waals surface area contributed by atoms with Crippen LogP contribution < -0.4 is 27.0 Å². The molecule has 0 rings (SSSR count). The first-order chi connectivity index (χ1) is 28.0. The fourth-order valence-corrected chi connectivity index (χ4v) is 4.27. The van der Waals surface area contributed by atoms with Gasteiger partial charge in [0.05, 0.1) is 67.1 Å². The molecule has 0 bridgehead atoms. The van der Waals surface area contributed by atoms with E-state index in [0.717, 1.165) is 25.9 Å². The number of hydrogen-bond acceptors (Lipinski definition) is 15. The molecule has 0 heterocycles. The van der Waals surface area contributed by atoms with Crippen LogP contribution in [-0.2, 0) is 66.7 Å². The third-order valence-corrected chi connectivity index (χ3v) is 7.97. The molecule has 0 aliphatic carbocycles. The van der Waals surface area contributed by atoms with Crippen LogP contribution in [0.4, 0.5) is 0 Å². The Kier molecular flexibility index (Phi) is 42.1. The number of nitrogens with two attached hydrogens (primary N) is 1. The maximum absolute atomic E-state index is 11.8. The Bertz CT molecular complexity index is 976. The van der Waals surface area contributed by atoms with Gasteiger partial charge in [-0.05, 0) is 45.1 Å². The summed E-state index contributed by atoms with van der Waals surface area (Å²) in [5.74, 6) is -2.50. The van der Waals surface area contributed by atoms with Crippen molar-refractivity contribution in [2.45, 2.75) is 78.6 Å². The zero-order valence-electron chi connectivity index (χ0n) is 35.8. The molecule has 0 aromatic carbocycles. The summed E-state index contributed by atoms with van der Waals surface area (Å²) >= 11 is 0. The summed E-state index contributed by atoms with van der Waals surface area (Å²) in [5, 5.41) is 10.5. The summed E-state index contributed by atoms with van der Waals surface area (Å²) in [6.45, 7) is 13.7. The van der Waals surface area contributed by atoms with Gasteiger partial charge in [0.15, 0.2) is 0 Å². The van der Waals surface area contributed by atoms with Crippen LogP contribution in [0.2, 0.25) is 0 Å². The molecule has 19 nitrogen and oxygen atoms in total. The van der Waals surface area contributed by atoms with Gasteiger partial charge in [0.1, 0.15) is 13.1 Å². The number of ether oxygens (including phenoxy) is 8. The van der Waals surface area contributed by atoms with Crippen molar-refractivity contribution in [2.75, 3.05) is 126 Å². The second-order valence-electron chi connectivity index (χ2n) is 13.0. The first-order valence-corrected chi connectivity index (χ1v) is 20.4. The molecule has 0 saturated carbocycles. The maximum Gasteiger partial charge on any atom is 0.325 e. The van der Waals surface area contributed by atoms with Gasteiger partial charge in [-0.3, -0.25) is 28.8 Å². The molecular weight excluding hydrogens is 762 g/mol. The quantitative estimate of drug-likeness (QED) is 0.0423. The van der Waals surface area contributed by atoms with E-state index >= 15 is 0 Å². The second-order valence-corrected chi connectivity index (χ2v) is 13.0. The van der Waals surface area contributed by atoms with Crippen LogP contribution in [0.1, 0.15) is 78.6 Å². The molecule has 0 spiro atoms. The average Bonchev–Trinajstić information content (AvgIpc) is 3.23. The molecule has 0 aliphatic heterocycles. The Labute approximate surface area is 345 Å². The predicted octanol–water partition coefficient (Wildman–Crippen LogP) is 0.645. The first-order valence-electron chi connectivity index (χ1n) is 20.4. The van der Waals surface area contributed by atoms with Crippen LogP contribution in [0, 0.1) is 11.8 Å². The van der Waals surface area contributed by atoms with Crippen LogP contribution in [0.3, 0.4) is 0 Å². The van der Waals surface area contributed by atoms with E-state index in [1.807, 2.05) is 0 Å². The Morgan fingerprint density at radius 1 is 0.483 bits per heavy atom. The van der Waals surface area contributed by atoms with Gasteiger partial charge >= 0.3 is 11.9 Å². The van der Waals surface area contributed by atoms with Gasteiger partial charge in [0.2, 0.25) is 23.6 Å². The number of hydrogen-bond donors (Lipinski definition) is 5. The number of rotatable bonds is 38. The SMILES string of the molecule is CCCCOCCOCCOCCCNC(=O)CC[C@H](C)C(=O)NCC(=O)OC.COC(=O)CNC(=O)[C@@H](C)CCC(=O)NCCCOCCOCCOCCCN. The lowest BCUT2D eigenvalue weighted by atomic mass is 10.0. The van der Waals surface area contributed by atoms with E-state index in [1.165, 1.54) is 14.2 Å². The molecule has 0 aromatic heterocycles. The number of unbranched alkanes of at least 4 members (excludes halogenated alkanes) is 1. The summed E-state index contributed by atoms with van der Waals surface area (Å²) < 4.78 is 41.2. The highest BCUT2D eigenvalue weighted by Crippen LogP contribution is 2.06. The predicted molar refractivity (Wildman–Crippen MR) is 216 cm³/mol. The number of carbonyl (C=O) groups excluding carboxylic acids is 6. The van der Waals surface area contributed by atoms with E-state index in [4.69, 9.17) is 34.2 Å². The Hall–Kier alpha value is -3.46. The van der Waals surface area contributed by atoms with E-state index in [2.05, 4.69) is 37.7 Å². The van der Waals surface area contributed by atoms with Gasteiger partial charge in [-0.2, -0.15) is 0 Å². The molecule has 0 aromatic rings. The van der Waals surface area contributed by atoms with Gasteiger partial charge in [-0.15, -0.1) is 0 Å². The van der Waals surface area contributed by atoms with Gasteiger partial charge in [-0.1, -0.05) is 27.2 Å². The van der Waals surface area contributed by atoms with Crippen LogP contribution in [-0.4, -0.2) is 162 Å². The van der Waals surface area contributed by atoms with Crippen molar-refractivity contribution >= 4 is 35.6 Å². The molecule has 6 N–H and O–H groups in total. The number of carbonyl (C=O) groups is 6. The molecular formula is C39H75N5O14. The zero-order valence-corrected chi connectivity index (χ0v) is 35.8. The lowest BCUT2D eigenvalue weighted by Crippen LogP contribution is -2.34. The molecule has 58 heavy (non-hydrogen) atoms. The molecule has 0 fully saturated rings. The van der Waals surface area contributed by atoms with Crippen molar-refractivity contribution in [3.8, 4) is 0 Å². The highest BCUT2D eigenvalue weighted by molar-refractivity contribution is 5.84. The minimum Gasteiger partial charge on any atom is -0.468 e. The Balaban J connectivity index is 0. The van der Waals surface area contributed by atoms with E-state index < -0.39 is 11.9 Å². The number of nitrogens with one attached hydrogen (secondary N) is 4. The summed E-state index contributed by atoms with van der Waals surface area (Å²) in [6, 6.07) is 0. The highest BCUT2D eigenvalue weighted by atomic mass is 16.6. The van der Waals surface area contributed by atoms with Crippen LogP contribution in [0.15, 0.2) is 0 Å². The number of amides is 4. The average molecular weight is 838 g/mol. The van der Waals surface area contributed by atoms with Crippen LogP contribution >= 0.6 is 0 Å². The summed E-state index contributed by atoms with van der Waals surface area (Å²) in [6.07, 6.45) is 5.78. The summed E-state index contributed by atoms with van der Waals surface area (Å²) in [7, 11) is 2.51. The molecule has 340 valence electrons. The molecule has 2 atom stereocenters. The number of esters is 2. The normalized spacial score (nSPS) is 11.7. The lowest BCUT2D eigenvalue weighted by Gasteiger charge is -2.11. The Morgan fingerprint density at radius 2 is 0.810 bits per heavy atom. The van der Waals surface area contributed by atoms with Crippen molar-refractivity contribution in [3.05, 3.63) is 0 Å². The van der Waals surface area contributed by atoms with Gasteiger partial charge in [0.25, 0.3) is 0 Å². The van der Waals surface area contributed by atoms with Crippen molar-refractivity contribution in [1.82, 2.24) is 21.3 Å². The van der Waals surface area contributed by atoms with Crippen LogP contribution in [0.5, 0.6) is 0 Å². The lowest BCUT2D eigenvalue weighted by molar-refractivity contribution is -0.142. The topological polar surface area (TPSA) is 250 Å². The maximum atomic E-state index is 11.8. The van der Waals surface area contributed by atoms with E-state index in [9.17, 15) is 28.8 Å². The van der Waals surface area contributed by atoms with Gasteiger partial charge in [0, 0.05) is 64.2 Å². The minimum absolute atomic E-state index is 0.107. The molecule has 19 heteroatoms. The second kappa shape index (κ2) is 43.1. The molecule has 0 aliphatic rings. The smallest absolute Gasteiger partial charge is 0.325 e. The van der Waals surface area contributed by atoms with Gasteiger partial charge in [-0.25, -0.2) is 0 Å². The van der Waals surface area contributed by atoms with Crippen LogP contribution in [0.25, 0.3) is 0 Å².